The van der Waals surface area contributed by atoms with Gasteiger partial charge in [0.2, 0.25) is 0 Å². The number of benzene rings is 1. The zero-order chi connectivity index (χ0) is 20.4. The molecule has 1 aromatic carbocycles. The Morgan fingerprint density at radius 2 is 1.93 bits per heavy atom. The molecule has 28 heavy (non-hydrogen) atoms. The highest BCUT2D eigenvalue weighted by molar-refractivity contribution is 7.51. The Morgan fingerprint density at radius 1 is 1.21 bits per heavy atom. The number of ether oxygens (including phenoxy) is 1. The minimum atomic E-state index is -4.62. The van der Waals surface area contributed by atoms with E-state index in [2.05, 4.69) is 20.2 Å². The van der Waals surface area contributed by atoms with Gasteiger partial charge < -0.3 is 14.5 Å². The van der Waals surface area contributed by atoms with E-state index in [1.807, 2.05) is 0 Å². The second kappa shape index (κ2) is 7.84. The molecule has 2 aromatic heterocycles. The van der Waals surface area contributed by atoms with E-state index >= 15 is 0 Å². The van der Waals surface area contributed by atoms with Crippen LogP contribution in [0.1, 0.15) is 18.5 Å². The Morgan fingerprint density at radius 3 is 2.50 bits per heavy atom. The molecule has 0 unspecified atom stereocenters. The number of hydrogen-bond donors (Lipinski definition) is 2. The second-order valence-corrected chi connectivity index (χ2v) is 7.68. The first-order valence-corrected chi connectivity index (χ1v) is 9.81. The highest BCUT2D eigenvalue weighted by Gasteiger charge is 2.45. The maximum absolute atomic E-state index is 14.8. The molecule has 13 heteroatoms. The summed E-state index contributed by atoms with van der Waals surface area (Å²) in [5.41, 5.74) is -1.85. The molecule has 0 bridgehead atoms. The lowest BCUT2D eigenvalue weighted by molar-refractivity contribution is -0.0884. The molecular formula is C15H17F2N6O4P. The first-order valence-electron chi connectivity index (χ1n) is 8.02. The topological polar surface area (TPSA) is 128 Å². The van der Waals surface area contributed by atoms with Crippen molar-refractivity contribution in [2.24, 2.45) is 0 Å². The zero-order valence-corrected chi connectivity index (χ0v) is 15.5. The van der Waals surface area contributed by atoms with Gasteiger partial charge in [-0.3, -0.25) is 4.57 Å². The van der Waals surface area contributed by atoms with Crippen molar-refractivity contribution in [3.8, 4) is 0 Å². The van der Waals surface area contributed by atoms with Crippen LogP contribution >= 0.6 is 7.60 Å². The van der Waals surface area contributed by atoms with Crippen LogP contribution in [0.5, 0.6) is 0 Å². The van der Waals surface area contributed by atoms with Crippen molar-refractivity contribution in [2.45, 2.75) is 25.1 Å². The Hall–Kier alpha value is -2.53. The molecule has 0 aliphatic carbocycles. The number of aromatic nitrogens is 6. The van der Waals surface area contributed by atoms with Gasteiger partial charge in [0.05, 0.1) is 12.6 Å². The van der Waals surface area contributed by atoms with E-state index in [1.165, 1.54) is 34.7 Å². The predicted octanol–water partition coefficient (Wildman–Crippen LogP) is 1.46. The Balaban J connectivity index is 2.18. The van der Waals surface area contributed by atoms with Crippen molar-refractivity contribution >= 4 is 7.60 Å². The molecule has 10 nitrogen and oxygen atoms in total. The van der Waals surface area contributed by atoms with Crippen molar-refractivity contribution in [1.29, 1.82) is 0 Å². The molecule has 3 rings (SSSR count). The first-order chi connectivity index (χ1) is 13.2. The summed E-state index contributed by atoms with van der Waals surface area (Å²) in [6.45, 7) is 1.42. The van der Waals surface area contributed by atoms with E-state index in [1.54, 1.807) is 6.92 Å². The smallest absolute Gasteiger partial charge is 0.351 e. The molecule has 2 atom stereocenters. The summed E-state index contributed by atoms with van der Waals surface area (Å²) >= 11 is 0. The van der Waals surface area contributed by atoms with E-state index in [-0.39, 0.29) is 12.1 Å². The van der Waals surface area contributed by atoms with Gasteiger partial charge >= 0.3 is 7.60 Å². The van der Waals surface area contributed by atoms with E-state index in [0.29, 0.717) is 6.07 Å². The molecular weight excluding hydrogens is 397 g/mol. The predicted molar refractivity (Wildman–Crippen MR) is 90.8 cm³/mol. The normalized spacial score (nSPS) is 15.3. The second-order valence-electron chi connectivity index (χ2n) is 6.10. The van der Waals surface area contributed by atoms with Crippen LogP contribution in [0.25, 0.3) is 0 Å². The molecule has 2 N–H and O–H groups in total. The van der Waals surface area contributed by atoms with Crippen molar-refractivity contribution in [1.82, 2.24) is 29.5 Å². The number of rotatable bonds is 8. The quantitative estimate of drug-likeness (QED) is 0.530. The van der Waals surface area contributed by atoms with Crippen LogP contribution in [-0.4, -0.2) is 45.7 Å². The molecule has 0 fully saturated rings. The van der Waals surface area contributed by atoms with Gasteiger partial charge in [-0.25, -0.2) is 28.1 Å². The standard InChI is InChI=1S/C15H17F2N6O4P/c1-11(23-9-19-7-21-23)15(27-10-28(24,25)26,5-22-8-18-6-20-22)13-3-2-12(16)4-14(13)17/h2-4,6-9,11H,5,10H2,1H3,(H2,24,25,26)/t11-,15-/m1/s1. The van der Waals surface area contributed by atoms with Crippen molar-refractivity contribution in [2.75, 3.05) is 6.35 Å². The van der Waals surface area contributed by atoms with E-state index < -0.39 is 37.2 Å². The SMILES string of the molecule is C[C@@H](n1cncn1)[C@@](Cn1cncn1)(OCP(=O)(O)O)c1ccc(F)cc1F. The molecule has 2 heterocycles. The van der Waals surface area contributed by atoms with Gasteiger partial charge in [0, 0.05) is 11.6 Å². The van der Waals surface area contributed by atoms with Gasteiger partial charge in [-0.15, -0.1) is 0 Å². The fraction of sp³-hybridized carbons (Fsp3) is 0.333. The van der Waals surface area contributed by atoms with Gasteiger partial charge in [-0.2, -0.15) is 10.2 Å². The van der Waals surface area contributed by atoms with Gasteiger partial charge in [-0.1, -0.05) is 6.07 Å². The third-order valence-corrected chi connectivity index (χ3v) is 4.71. The van der Waals surface area contributed by atoms with E-state index in [0.717, 1.165) is 12.1 Å². The third kappa shape index (κ3) is 4.30. The number of nitrogens with zero attached hydrogens (tertiary/aromatic N) is 6. The monoisotopic (exact) mass is 414 g/mol. The molecule has 150 valence electrons. The molecule has 0 saturated heterocycles. The molecule has 0 saturated carbocycles. The maximum Gasteiger partial charge on any atom is 0.351 e. The fourth-order valence-electron chi connectivity index (χ4n) is 2.90. The van der Waals surface area contributed by atoms with Gasteiger partial charge in [-0.05, 0) is 13.0 Å². The van der Waals surface area contributed by atoms with Crippen LogP contribution in [-0.2, 0) is 21.4 Å². The van der Waals surface area contributed by atoms with Crippen LogP contribution in [0, 0.1) is 11.6 Å². The summed E-state index contributed by atoms with van der Waals surface area (Å²) in [5, 5.41) is 7.99. The van der Waals surface area contributed by atoms with Crippen molar-refractivity contribution in [3.05, 3.63) is 60.7 Å². The van der Waals surface area contributed by atoms with Crippen LogP contribution in [0.2, 0.25) is 0 Å². The molecule has 0 aliphatic heterocycles. The number of hydrogen-bond acceptors (Lipinski definition) is 6. The largest absolute Gasteiger partial charge is 0.353 e. The lowest BCUT2D eigenvalue weighted by Gasteiger charge is -2.39. The molecule has 0 amide bonds. The summed E-state index contributed by atoms with van der Waals surface area (Å²) in [6, 6.07) is 2.05. The van der Waals surface area contributed by atoms with Gasteiger partial charge in [0.15, 0.2) is 0 Å². The molecule has 0 aliphatic rings. The maximum atomic E-state index is 14.8. The highest BCUT2D eigenvalue weighted by atomic mass is 31.2. The fourth-order valence-corrected chi connectivity index (χ4v) is 3.30. The summed E-state index contributed by atoms with van der Waals surface area (Å²) in [6.07, 6.45) is 4.18. The van der Waals surface area contributed by atoms with Crippen molar-refractivity contribution in [3.63, 3.8) is 0 Å². The lowest BCUT2D eigenvalue weighted by atomic mass is 9.86. The van der Waals surface area contributed by atoms with Crippen LogP contribution in [0.3, 0.4) is 0 Å². The Kier molecular flexibility index (Phi) is 5.66. The van der Waals surface area contributed by atoms with E-state index in [9.17, 15) is 23.1 Å². The molecule has 0 spiro atoms. The summed E-state index contributed by atoms with van der Waals surface area (Å²) in [7, 11) is -4.62. The first kappa shape index (κ1) is 20.2. The molecule has 3 aromatic rings. The van der Waals surface area contributed by atoms with Gasteiger partial charge in [0.1, 0.15) is 48.9 Å². The Bertz CT molecular complexity index is 965. The molecule has 0 radical (unpaired) electrons. The lowest BCUT2D eigenvalue weighted by Crippen LogP contribution is -2.43. The minimum absolute atomic E-state index is 0.124. The average molecular weight is 414 g/mol. The van der Waals surface area contributed by atoms with Crippen LogP contribution in [0.4, 0.5) is 8.78 Å². The zero-order valence-electron chi connectivity index (χ0n) is 14.6. The Labute approximate surface area is 158 Å². The minimum Gasteiger partial charge on any atom is -0.353 e. The van der Waals surface area contributed by atoms with Crippen LogP contribution in [0.15, 0.2) is 43.5 Å². The summed E-state index contributed by atoms with van der Waals surface area (Å²) < 4.78 is 48.1. The summed E-state index contributed by atoms with van der Waals surface area (Å²) in [5.74, 6) is -1.75. The summed E-state index contributed by atoms with van der Waals surface area (Å²) in [4.78, 5) is 26.4. The van der Waals surface area contributed by atoms with E-state index in [4.69, 9.17) is 4.74 Å². The van der Waals surface area contributed by atoms with Crippen molar-refractivity contribution < 1.29 is 27.9 Å². The highest BCUT2D eigenvalue weighted by Crippen LogP contribution is 2.44. The van der Waals surface area contributed by atoms with Gasteiger partial charge in [0.25, 0.3) is 0 Å². The van der Waals surface area contributed by atoms with Crippen LogP contribution < -0.4 is 0 Å². The third-order valence-electron chi connectivity index (χ3n) is 4.25. The average Bonchev–Trinajstić information content (AvgIpc) is 3.31. The number of halogens is 2.